The van der Waals surface area contributed by atoms with Crippen molar-refractivity contribution in [1.29, 1.82) is 0 Å². The van der Waals surface area contributed by atoms with Crippen LogP contribution in [0.4, 0.5) is 11.9 Å². The second-order valence-electron chi connectivity index (χ2n) is 7.58. The van der Waals surface area contributed by atoms with E-state index in [0.717, 1.165) is 11.8 Å². The fourth-order valence-electron chi connectivity index (χ4n) is 2.90. The van der Waals surface area contributed by atoms with Gasteiger partial charge in [-0.2, -0.15) is 15.0 Å². The lowest BCUT2D eigenvalue weighted by molar-refractivity contribution is 0.259. The van der Waals surface area contributed by atoms with Gasteiger partial charge in [-0.1, -0.05) is 44.5 Å². The molecule has 1 aromatic heterocycles. The van der Waals surface area contributed by atoms with Crippen molar-refractivity contribution < 1.29 is 13.5 Å². The van der Waals surface area contributed by atoms with Crippen molar-refractivity contribution in [3.63, 3.8) is 0 Å². The third kappa shape index (κ3) is 8.12. The Morgan fingerprint density at radius 2 is 1.69 bits per heavy atom. The van der Waals surface area contributed by atoms with Crippen LogP contribution in [0.1, 0.15) is 44.5 Å². The Hall–Kier alpha value is -1.97. The van der Waals surface area contributed by atoms with Crippen LogP contribution < -0.4 is 10.0 Å². The second kappa shape index (κ2) is 10.2. The number of nitrogens with one attached hydrogen (secondary N) is 2. The molecule has 0 bridgehead atoms. The van der Waals surface area contributed by atoms with E-state index in [1.807, 2.05) is 45.0 Å². The summed E-state index contributed by atoms with van der Waals surface area (Å²) in [5, 5.41) is 13.4. The number of rotatable bonds is 10. The summed E-state index contributed by atoms with van der Waals surface area (Å²) in [6.45, 7) is 6.04. The van der Waals surface area contributed by atoms with E-state index >= 15 is 0 Å². The lowest BCUT2D eigenvalue weighted by Crippen LogP contribution is -2.27. The quantitative estimate of drug-likeness (QED) is 0.518. The number of halogens is 1. The van der Waals surface area contributed by atoms with Crippen LogP contribution in [-0.4, -0.2) is 47.4 Å². The Bertz CT molecular complexity index is 907. The monoisotopic (exact) mass is 441 g/mol. The highest BCUT2D eigenvalue weighted by Gasteiger charge is 2.17. The van der Waals surface area contributed by atoms with E-state index in [2.05, 4.69) is 25.0 Å². The minimum Gasteiger partial charge on any atom is -0.394 e. The Labute approximate surface area is 177 Å². The topological polar surface area (TPSA) is 117 Å². The van der Waals surface area contributed by atoms with E-state index in [0.29, 0.717) is 29.6 Å². The van der Waals surface area contributed by atoms with Crippen molar-refractivity contribution in [2.45, 2.75) is 45.6 Å². The smallest absolute Gasteiger partial charge is 0.241 e. The molecule has 0 spiro atoms. The maximum absolute atomic E-state index is 11.6. The molecule has 0 saturated carbocycles. The van der Waals surface area contributed by atoms with Crippen LogP contribution in [0.5, 0.6) is 0 Å². The van der Waals surface area contributed by atoms with Crippen molar-refractivity contribution in [2.24, 2.45) is 5.92 Å². The number of aliphatic hydroxyl groups is 1. The molecule has 2 atom stereocenters. The van der Waals surface area contributed by atoms with E-state index in [4.69, 9.17) is 11.6 Å². The first-order chi connectivity index (χ1) is 13.6. The van der Waals surface area contributed by atoms with Gasteiger partial charge in [-0.15, -0.1) is 0 Å². The van der Waals surface area contributed by atoms with Crippen LogP contribution in [0.2, 0.25) is 5.02 Å². The molecule has 0 saturated heterocycles. The van der Waals surface area contributed by atoms with Crippen LogP contribution >= 0.6 is 11.6 Å². The minimum absolute atomic E-state index is 0.0513. The molecule has 1 aromatic carbocycles. The summed E-state index contributed by atoms with van der Waals surface area (Å²) in [6, 6.07) is 7.27. The number of nitrogens with zero attached hydrogens (tertiary/aromatic N) is 3. The number of hydrogen-bond acceptors (Lipinski definition) is 7. The second-order valence-corrected chi connectivity index (χ2v) is 9.77. The average molecular weight is 442 g/mol. The summed E-state index contributed by atoms with van der Waals surface area (Å²) in [4.78, 5) is 12.8. The van der Waals surface area contributed by atoms with Crippen LogP contribution in [0.25, 0.3) is 0 Å². The first kappa shape index (κ1) is 23.3. The van der Waals surface area contributed by atoms with Gasteiger partial charge in [0.2, 0.25) is 21.9 Å². The molecule has 1 heterocycles. The Morgan fingerprint density at radius 1 is 1.07 bits per heavy atom. The number of aromatic nitrogens is 3. The van der Waals surface area contributed by atoms with Gasteiger partial charge in [-0.05, 0) is 36.0 Å². The molecular weight excluding hydrogens is 414 g/mol. The number of benzene rings is 1. The van der Waals surface area contributed by atoms with Crippen molar-refractivity contribution in [2.75, 3.05) is 22.9 Å². The van der Waals surface area contributed by atoms with E-state index in [-0.39, 0.29) is 30.5 Å². The third-order valence-corrected chi connectivity index (χ3v) is 5.00. The van der Waals surface area contributed by atoms with Gasteiger partial charge in [-0.25, -0.2) is 8.42 Å². The molecule has 2 aromatic rings. The van der Waals surface area contributed by atoms with Crippen LogP contribution in [0, 0.1) is 5.92 Å². The predicted octanol–water partition coefficient (Wildman–Crippen LogP) is 3.06. The number of hydrogen-bond donors (Lipinski definition) is 3. The van der Waals surface area contributed by atoms with Crippen molar-refractivity contribution >= 4 is 33.5 Å². The molecular formula is C19H28ClN5O3S. The number of sulfonamides is 1. The zero-order valence-electron chi connectivity index (χ0n) is 17.1. The zero-order chi connectivity index (χ0) is 21.6. The van der Waals surface area contributed by atoms with Crippen molar-refractivity contribution in [1.82, 2.24) is 15.0 Å². The van der Waals surface area contributed by atoms with Crippen LogP contribution in [0.15, 0.2) is 24.3 Å². The lowest BCUT2D eigenvalue weighted by atomic mass is 9.98. The lowest BCUT2D eigenvalue weighted by Gasteiger charge is -2.19. The van der Waals surface area contributed by atoms with Crippen molar-refractivity contribution in [3.05, 3.63) is 40.7 Å². The maximum Gasteiger partial charge on any atom is 0.241 e. The fraction of sp³-hybridized carbons (Fsp3) is 0.526. The minimum atomic E-state index is -3.54. The first-order valence-electron chi connectivity index (χ1n) is 9.41. The van der Waals surface area contributed by atoms with E-state index in [1.165, 1.54) is 0 Å². The molecule has 2 rings (SSSR count). The van der Waals surface area contributed by atoms with Gasteiger partial charge in [-0.3, -0.25) is 4.72 Å². The molecule has 10 heteroatoms. The van der Waals surface area contributed by atoms with Gasteiger partial charge < -0.3 is 10.4 Å². The maximum atomic E-state index is 11.6. The number of anilines is 2. The fourth-order valence-corrected chi connectivity index (χ4v) is 3.45. The SMILES string of the molecule is CC(C)C[C@H](CO)Nc1nc(CC(C)c2ccc(Cl)cc2)nc(NS(C)(=O)=O)n1. The summed E-state index contributed by atoms with van der Waals surface area (Å²) in [5.41, 5.74) is 1.06. The first-order valence-corrected chi connectivity index (χ1v) is 11.7. The third-order valence-electron chi connectivity index (χ3n) is 4.20. The molecule has 1 unspecified atom stereocenters. The van der Waals surface area contributed by atoms with Gasteiger partial charge in [0.25, 0.3) is 0 Å². The highest BCUT2D eigenvalue weighted by Crippen LogP contribution is 2.22. The number of aliphatic hydroxyl groups excluding tert-OH is 1. The molecule has 0 aliphatic rings. The standard InChI is InChI=1S/C19H28ClN5O3S/c1-12(2)9-16(11-26)21-18-22-17(23-19(24-18)25-29(4,27)28)10-13(3)14-5-7-15(20)8-6-14/h5-8,12-13,16,26H,9-11H2,1-4H3,(H2,21,22,23,24,25)/t13?,16-/m1/s1. The molecule has 0 aliphatic heterocycles. The van der Waals surface area contributed by atoms with Gasteiger partial charge in [0.05, 0.1) is 18.9 Å². The molecule has 8 nitrogen and oxygen atoms in total. The van der Waals surface area contributed by atoms with E-state index in [9.17, 15) is 13.5 Å². The normalized spacial score (nSPS) is 13.9. The summed E-state index contributed by atoms with van der Waals surface area (Å²) in [7, 11) is -3.54. The molecule has 160 valence electrons. The Morgan fingerprint density at radius 3 is 2.24 bits per heavy atom. The summed E-state index contributed by atoms with van der Waals surface area (Å²) in [6.07, 6.45) is 2.23. The summed E-state index contributed by atoms with van der Waals surface area (Å²) < 4.78 is 25.6. The molecule has 3 N–H and O–H groups in total. The van der Waals surface area contributed by atoms with E-state index in [1.54, 1.807) is 0 Å². The molecule has 0 aliphatic carbocycles. The predicted molar refractivity (Wildman–Crippen MR) is 116 cm³/mol. The van der Waals surface area contributed by atoms with Gasteiger partial charge in [0.15, 0.2) is 0 Å². The summed E-state index contributed by atoms with van der Waals surface area (Å²) >= 11 is 5.95. The zero-order valence-corrected chi connectivity index (χ0v) is 18.6. The largest absolute Gasteiger partial charge is 0.394 e. The van der Waals surface area contributed by atoms with Crippen LogP contribution in [0.3, 0.4) is 0 Å². The molecule has 0 amide bonds. The highest BCUT2D eigenvalue weighted by molar-refractivity contribution is 7.91. The highest BCUT2D eigenvalue weighted by atomic mass is 35.5. The van der Waals surface area contributed by atoms with Crippen molar-refractivity contribution in [3.8, 4) is 0 Å². The average Bonchev–Trinajstić information content (AvgIpc) is 2.59. The molecule has 29 heavy (non-hydrogen) atoms. The summed E-state index contributed by atoms with van der Waals surface area (Å²) in [5.74, 6) is 1.06. The Kier molecular flexibility index (Phi) is 8.18. The van der Waals surface area contributed by atoms with Gasteiger partial charge >= 0.3 is 0 Å². The van der Waals surface area contributed by atoms with E-state index < -0.39 is 10.0 Å². The van der Waals surface area contributed by atoms with Crippen LogP contribution in [-0.2, 0) is 16.4 Å². The van der Waals surface area contributed by atoms with Gasteiger partial charge in [0, 0.05) is 11.4 Å². The Balaban J connectivity index is 2.29. The molecule has 0 fully saturated rings. The van der Waals surface area contributed by atoms with Gasteiger partial charge in [0.1, 0.15) is 5.82 Å². The molecule has 0 radical (unpaired) electrons.